The molecule has 0 N–H and O–H groups in total. The fourth-order valence-corrected chi connectivity index (χ4v) is 2.85. The lowest BCUT2D eigenvalue weighted by molar-refractivity contribution is 0.157. The predicted octanol–water partition coefficient (Wildman–Crippen LogP) is 4.17. The molecular formula is C18H20N2O2. The van der Waals surface area contributed by atoms with Crippen molar-refractivity contribution >= 4 is 27.9 Å². The van der Waals surface area contributed by atoms with Crippen molar-refractivity contribution in [1.82, 2.24) is 9.47 Å². The highest BCUT2D eigenvalue weighted by Crippen LogP contribution is 2.30. The molecule has 0 fully saturated rings. The third-order valence-electron chi connectivity index (χ3n) is 4.11. The molecule has 22 heavy (non-hydrogen) atoms. The van der Waals surface area contributed by atoms with E-state index in [0.717, 1.165) is 5.52 Å². The maximum atomic E-state index is 12.1. The summed E-state index contributed by atoms with van der Waals surface area (Å²) >= 11 is 0. The van der Waals surface area contributed by atoms with Gasteiger partial charge in [-0.05, 0) is 32.0 Å². The van der Waals surface area contributed by atoms with Crippen LogP contribution in [0.25, 0.3) is 21.8 Å². The molecule has 1 amide bonds. The molecule has 2 aromatic carbocycles. The van der Waals surface area contributed by atoms with Gasteiger partial charge in [-0.25, -0.2) is 4.79 Å². The first kappa shape index (κ1) is 14.4. The summed E-state index contributed by atoms with van der Waals surface area (Å²) in [5, 5.41) is 2.38. The van der Waals surface area contributed by atoms with E-state index in [1.165, 1.54) is 16.3 Å². The summed E-state index contributed by atoms with van der Waals surface area (Å²) in [7, 11) is 2.03. The predicted molar refractivity (Wildman–Crippen MR) is 89.4 cm³/mol. The van der Waals surface area contributed by atoms with Gasteiger partial charge in [0.25, 0.3) is 0 Å². The van der Waals surface area contributed by atoms with Crippen LogP contribution in [0, 0.1) is 0 Å². The SMILES string of the molecule is CCN(CC)C(=O)Oc1ccc2c3ccccc3n(C)c2c1. The molecule has 3 rings (SSSR count). The van der Waals surface area contributed by atoms with Crippen LogP contribution in [0.1, 0.15) is 13.8 Å². The highest BCUT2D eigenvalue weighted by Gasteiger charge is 2.14. The number of benzene rings is 2. The van der Waals surface area contributed by atoms with E-state index in [9.17, 15) is 4.79 Å². The number of ether oxygens (including phenoxy) is 1. The van der Waals surface area contributed by atoms with Crippen LogP contribution in [0.15, 0.2) is 42.5 Å². The number of aromatic nitrogens is 1. The Labute approximate surface area is 129 Å². The van der Waals surface area contributed by atoms with E-state index in [1.807, 2.05) is 51.2 Å². The lowest BCUT2D eigenvalue weighted by Gasteiger charge is -2.17. The second-order valence-corrected chi connectivity index (χ2v) is 5.30. The molecule has 1 aromatic heterocycles. The molecule has 4 nitrogen and oxygen atoms in total. The zero-order valence-corrected chi connectivity index (χ0v) is 13.2. The van der Waals surface area contributed by atoms with Crippen molar-refractivity contribution in [3.8, 4) is 5.75 Å². The number of hydrogen-bond acceptors (Lipinski definition) is 2. The van der Waals surface area contributed by atoms with Gasteiger partial charge in [-0.3, -0.25) is 0 Å². The second-order valence-electron chi connectivity index (χ2n) is 5.30. The highest BCUT2D eigenvalue weighted by molar-refractivity contribution is 6.08. The number of rotatable bonds is 3. The molecule has 0 atom stereocenters. The first-order valence-electron chi connectivity index (χ1n) is 7.59. The lowest BCUT2D eigenvalue weighted by atomic mass is 10.1. The maximum absolute atomic E-state index is 12.1. The number of fused-ring (bicyclic) bond motifs is 3. The number of aryl methyl sites for hydroxylation is 1. The second kappa shape index (κ2) is 5.72. The van der Waals surface area contributed by atoms with E-state index in [0.29, 0.717) is 18.8 Å². The van der Waals surface area contributed by atoms with E-state index in [-0.39, 0.29) is 6.09 Å². The normalized spacial score (nSPS) is 11.0. The van der Waals surface area contributed by atoms with Gasteiger partial charge in [-0.15, -0.1) is 0 Å². The number of hydrogen-bond donors (Lipinski definition) is 0. The topological polar surface area (TPSA) is 34.5 Å². The molecular weight excluding hydrogens is 276 g/mol. The third-order valence-corrected chi connectivity index (χ3v) is 4.11. The Hall–Kier alpha value is -2.49. The van der Waals surface area contributed by atoms with Gasteiger partial charge in [0.1, 0.15) is 5.75 Å². The highest BCUT2D eigenvalue weighted by atomic mass is 16.6. The van der Waals surface area contributed by atoms with Crippen molar-refractivity contribution < 1.29 is 9.53 Å². The molecule has 0 spiro atoms. The summed E-state index contributed by atoms with van der Waals surface area (Å²) in [5.74, 6) is 0.579. The van der Waals surface area contributed by atoms with Crippen LogP contribution in [0.4, 0.5) is 4.79 Å². The van der Waals surface area contributed by atoms with Crippen molar-refractivity contribution in [2.24, 2.45) is 7.05 Å². The summed E-state index contributed by atoms with van der Waals surface area (Å²) in [5.41, 5.74) is 2.23. The Balaban J connectivity index is 2.01. The largest absolute Gasteiger partial charge is 0.415 e. The molecule has 0 aliphatic carbocycles. The van der Waals surface area contributed by atoms with Crippen LogP contribution in [0.2, 0.25) is 0 Å². The standard InChI is InChI=1S/C18H20N2O2/c1-4-20(5-2)18(21)22-13-10-11-15-14-8-6-7-9-16(14)19(3)17(15)12-13/h6-12H,4-5H2,1-3H3. The monoisotopic (exact) mass is 296 g/mol. The summed E-state index contributed by atoms with van der Waals surface area (Å²) in [6, 6.07) is 14.1. The van der Waals surface area contributed by atoms with Gasteiger partial charge in [0.05, 0.1) is 5.52 Å². The summed E-state index contributed by atoms with van der Waals surface area (Å²) in [4.78, 5) is 13.7. The minimum Gasteiger partial charge on any atom is -0.410 e. The van der Waals surface area contributed by atoms with Gasteiger partial charge in [-0.1, -0.05) is 18.2 Å². The summed E-state index contributed by atoms with van der Waals surface area (Å²) < 4.78 is 7.62. The van der Waals surface area contributed by atoms with Crippen LogP contribution in [0.3, 0.4) is 0 Å². The Kier molecular flexibility index (Phi) is 3.75. The smallest absolute Gasteiger partial charge is 0.410 e. The zero-order valence-electron chi connectivity index (χ0n) is 13.2. The van der Waals surface area contributed by atoms with E-state index in [1.54, 1.807) is 4.90 Å². The molecule has 3 aromatic rings. The van der Waals surface area contributed by atoms with Crippen molar-refractivity contribution in [3.05, 3.63) is 42.5 Å². The van der Waals surface area contributed by atoms with Crippen molar-refractivity contribution in [3.63, 3.8) is 0 Å². The quantitative estimate of drug-likeness (QED) is 0.727. The number of nitrogens with zero attached hydrogens (tertiary/aromatic N) is 2. The van der Waals surface area contributed by atoms with Gasteiger partial charge in [0.15, 0.2) is 0 Å². The molecule has 114 valence electrons. The molecule has 0 unspecified atom stereocenters. The van der Waals surface area contributed by atoms with E-state index in [2.05, 4.69) is 16.7 Å². The minimum atomic E-state index is -0.303. The minimum absolute atomic E-state index is 0.303. The Morgan fingerprint density at radius 2 is 1.73 bits per heavy atom. The van der Waals surface area contributed by atoms with Crippen molar-refractivity contribution in [2.75, 3.05) is 13.1 Å². The Morgan fingerprint density at radius 1 is 1.05 bits per heavy atom. The van der Waals surface area contributed by atoms with Crippen molar-refractivity contribution in [2.45, 2.75) is 13.8 Å². The van der Waals surface area contributed by atoms with Gasteiger partial charge in [0, 0.05) is 42.5 Å². The van der Waals surface area contributed by atoms with Crippen LogP contribution in [-0.4, -0.2) is 28.6 Å². The van der Waals surface area contributed by atoms with Crippen LogP contribution >= 0.6 is 0 Å². The third kappa shape index (κ3) is 2.30. The maximum Gasteiger partial charge on any atom is 0.415 e. The van der Waals surface area contributed by atoms with E-state index >= 15 is 0 Å². The number of para-hydroxylation sites is 1. The number of amides is 1. The van der Waals surface area contributed by atoms with Crippen molar-refractivity contribution in [1.29, 1.82) is 0 Å². The number of carbonyl (C=O) groups excluding carboxylic acids is 1. The lowest BCUT2D eigenvalue weighted by Crippen LogP contribution is -2.33. The zero-order chi connectivity index (χ0) is 15.7. The van der Waals surface area contributed by atoms with E-state index in [4.69, 9.17) is 4.74 Å². The molecule has 1 heterocycles. The molecule has 4 heteroatoms. The Bertz CT molecular complexity index is 832. The molecule has 0 aliphatic rings. The van der Waals surface area contributed by atoms with Gasteiger partial charge in [-0.2, -0.15) is 0 Å². The summed E-state index contributed by atoms with van der Waals surface area (Å²) in [6.45, 7) is 5.17. The first-order valence-corrected chi connectivity index (χ1v) is 7.59. The summed E-state index contributed by atoms with van der Waals surface area (Å²) in [6.07, 6.45) is -0.303. The van der Waals surface area contributed by atoms with Gasteiger partial charge < -0.3 is 14.2 Å². The van der Waals surface area contributed by atoms with Crippen LogP contribution in [-0.2, 0) is 7.05 Å². The van der Waals surface area contributed by atoms with Crippen LogP contribution < -0.4 is 4.74 Å². The van der Waals surface area contributed by atoms with Gasteiger partial charge in [0.2, 0.25) is 0 Å². The fourth-order valence-electron chi connectivity index (χ4n) is 2.85. The fraction of sp³-hybridized carbons (Fsp3) is 0.278. The average molecular weight is 296 g/mol. The molecule has 0 bridgehead atoms. The average Bonchev–Trinajstić information content (AvgIpc) is 2.82. The molecule has 0 saturated heterocycles. The molecule has 0 radical (unpaired) electrons. The van der Waals surface area contributed by atoms with Crippen LogP contribution in [0.5, 0.6) is 5.75 Å². The Morgan fingerprint density at radius 3 is 2.45 bits per heavy atom. The number of carbonyl (C=O) groups is 1. The molecule has 0 aliphatic heterocycles. The first-order chi connectivity index (χ1) is 10.7. The molecule has 0 saturated carbocycles. The van der Waals surface area contributed by atoms with Gasteiger partial charge >= 0.3 is 6.09 Å². The van der Waals surface area contributed by atoms with E-state index < -0.39 is 0 Å².